The van der Waals surface area contributed by atoms with Crippen molar-refractivity contribution in [3.05, 3.63) is 78.0 Å². The zero-order valence-corrected chi connectivity index (χ0v) is 21.2. The molecular weight excluding hydrogens is 435 g/mol. The minimum atomic E-state index is -0.398. The van der Waals surface area contributed by atoms with E-state index in [-0.39, 0.29) is 0 Å². The van der Waals surface area contributed by atoms with Crippen molar-refractivity contribution in [1.29, 1.82) is 0 Å². The summed E-state index contributed by atoms with van der Waals surface area (Å²) in [7, 11) is 0. The Hall–Kier alpha value is -2.59. The number of pyridine rings is 1. The molecule has 1 aliphatic heterocycles. The SMILES string of the molecule is CC(C)CC[C@@H](c1ccc(-c2ccccn2)cc1)N1CC[C@H](CC=O)C[C@@H]1C1C=CC(CF)=CC1. The highest BCUT2D eigenvalue weighted by Crippen LogP contribution is 2.40. The molecule has 1 aromatic heterocycles. The first-order valence-corrected chi connectivity index (χ1v) is 13.2. The van der Waals surface area contributed by atoms with Crippen molar-refractivity contribution < 1.29 is 9.18 Å². The van der Waals surface area contributed by atoms with Crippen LogP contribution in [0.15, 0.2) is 72.5 Å². The second-order valence-electron chi connectivity index (χ2n) is 10.6. The Balaban J connectivity index is 1.62. The quantitative estimate of drug-likeness (QED) is 0.337. The molecule has 2 heterocycles. The predicted molar refractivity (Wildman–Crippen MR) is 142 cm³/mol. The van der Waals surface area contributed by atoms with Crippen LogP contribution in [-0.4, -0.2) is 35.4 Å². The van der Waals surface area contributed by atoms with Crippen molar-refractivity contribution in [2.75, 3.05) is 13.2 Å². The highest BCUT2D eigenvalue weighted by Gasteiger charge is 2.37. The van der Waals surface area contributed by atoms with Crippen LogP contribution >= 0.6 is 0 Å². The van der Waals surface area contributed by atoms with Crippen LogP contribution in [0.1, 0.15) is 64.0 Å². The van der Waals surface area contributed by atoms with Gasteiger partial charge in [-0.2, -0.15) is 0 Å². The molecule has 0 spiro atoms. The van der Waals surface area contributed by atoms with Crippen molar-refractivity contribution in [3.63, 3.8) is 0 Å². The maximum absolute atomic E-state index is 13.2. The van der Waals surface area contributed by atoms with Crippen LogP contribution in [0.3, 0.4) is 0 Å². The molecule has 0 saturated carbocycles. The molecule has 2 aromatic rings. The Kier molecular flexibility index (Phi) is 9.03. The third kappa shape index (κ3) is 6.55. The molecule has 4 atom stereocenters. The van der Waals surface area contributed by atoms with Gasteiger partial charge in [-0.25, -0.2) is 4.39 Å². The number of allylic oxidation sites excluding steroid dienone is 3. The molecule has 1 saturated heterocycles. The molecule has 0 bridgehead atoms. The fraction of sp³-hybridized carbons (Fsp3) is 0.484. The van der Waals surface area contributed by atoms with Crippen molar-refractivity contribution >= 4 is 6.29 Å². The van der Waals surface area contributed by atoms with Gasteiger partial charge in [0, 0.05) is 30.3 Å². The van der Waals surface area contributed by atoms with Gasteiger partial charge in [0.15, 0.2) is 0 Å². The minimum Gasteiger partial charge on any atom is -0.303 e. The van der Waals surface area contributed by atoms with Crippen LogP contribution in [0.2, 0.25) is 0 Å². The van der Waals surface area contributed by atoms with Gasteiger partial charge in [-0.15, -0.1) is 0 Å². The molecule has 4 heteroatoms. The number of halogens is 1. The van der Waals surface area contributed by atoms with Crippen molar-refractivity contribution in [2.24, 2.45) is 17.8 Å². The van der Waals surface area contributed by atoms with E-state index in [4.69, 9.17) is 0 Å². The topological polar surface area (TPSA) is 33.2 Å². The number of rotatable bonds is 10. The summed E-state index contributed by atoms with van der Waals surface area (Å²) >= 11 is 0. The lowest BCUT2D eigenvalue weighted by atomic mass is 9.78. The van der Waals surface area contributed by atoms with Crippen molar-refractivity contribution in [1.82, 2.24) is 9.88 Å². The van der Waals surface area contributed by atoms with Crippen LogP contribution in [0.5, 0.6) is 0 Å². The number of carbonyl (C=O) groups is 1. The molecule has 3 nitrogen and oxygen atoms in total. The largest absolute Gasteiger partial charge is 0.303 e. The Morgan fingerprint density at radius 1 is 1.14 bits per heavy atom. The lowest BCUT2D eigenvalue weighted by Gasteiger charge is -2.47. The second kappa shape index (κ2) is 12.4. The lowest BCUT2D eigenvalue weighted by molar-refractivity contribution is -0.109. The molecule has 4 rings (SSSR count). The molecule has 0 amide bonds. The van der Waals surface area contributed by atoms with E-state index in [1.54, 1.807) is 0 Å². The number of hydrogen-bond donors (Lipinski definition) is 0. The molecule has 0 radical (unpaired) electrons. The summed E-state index contributed by atoms with van der Waals surface area (Å²) in [6.07, 6.45) is 15.1. The van der Waals surface area contributed by atoms with Gasteiger partial charge in [0.05, 0.1) is 5.69 Å². The van der Waals surface area contributed by atoms with Crippen LogP contribution < -0.4 is 0 Å². The number of carbonyl (C=O) groups excluding carboxylic acids is 1. The van der Waals surface area contributed by atoms with Gasteiger partial charge < -0.3 is 4.79 Å². The summed E-state index contributed by atoms with van der Waals surface area (Å²) in [4.78, 5) is 18.5. The Bertz CT molecular complexity index is 998. The van der Waals surface area contributed by atoms with Gasteiger partial charge >= 0.3 is 0 Å². The first kappa shape index (κ1) is 25.5. The van der Waals surface area contributed by atoms with E-state index in [1.807, 2.05) is 30.5 Å². The predicted octanol–water partition coefficient (Wildman–Crippen LogP) is 7.37. The molecule has 2 aliphatic rings. The van der Waals surface area contributed by atoms with E-state index in [9.17, 15) is 9.18 Å². The van der Waals surface area contributed by atoms with E-state index in [1.165, 1.54) is 12.0 Å². The normalized spacial score (nSPS) is 23.8. The monoisotopic (exact) mass is 474 g/mol. The Labute approximate surface area is 210 Å². The molecule has 1 aliphatic carbocycles. The number of piperidine rings is 1. The molecule has 1 unspecified atom stereocenters. The molecule has 186 valence electrons. The maximum atomic E-state index is 13.2. The van der Waals surface area contributed by atoms with Gasteiger partial charge in [-0.05, 0) is 79.7 Å². The van der Waals surface area contributed by atoms with Gasteiger partial charge in [0.25, 0.3) is 0 Å². The smallest absolute Gasteiger partial charge is 0.120 e. The highest BCUT2D eigenvalue weighted by atomic mass is 19.1. The molecular formula is C31H39FN2O. The number of likely N-dealkylation sites (tertiary alicyclic amines) is 1. The van der Waals surface area contributed by atoms with Gasteiger partial charge in [0.2, 0.25) is 0 Å². The highest BCUT2D eigenvalue weighted by molar-refractivity contribution is 5.59. The van der Waals surface area contributed by atoms with E-state index >= 15 is 0 Å². The number of nitrogens with zero attached hydrogens (tertiary/aromatic N) is 2. The standard InChI is InChI=1S/C31H39FN2O/c1-23(2)6-15-30(27-13-11-26(12-14-27)29-5-3-4-18-33-29)34-19-16-24(17-20-35)21-31(34)28-9-7-25(22-32)8-10-28/h3-5,7-9,11-14,18,20,23-24,28,30-31H,6,10,15-17,19,21-22H2,1-2H3/t24-,28?,30+,31-/m1/s1. The number of aromatic nitrogens is 1. The average Bonchev–Trinajstić information content (AvgIpc) is 2.90. The van der Waals surface area contributed by atoms with Gasteiger partial charge in [0.1, 0.15) is 13.0 Å². The molecule has 1 fully saturated rings. The first-order chi connectivity index (χ1) is 17.1. The zero-order valence-electron chi connectivity index (χ0n) is 21.2. The Morgan fingerprint density at radius 2 is 1.97 bits per heavy atom. The Morgan fingerprint density at radius 3 is 2.60 bits per heavy atom. The number of hydrogen-bond acceptors (Lipinski definition) is 3. The fourth-order valence-corrected chi connectivity index (χ4v) is 5.74. The first-order valence-electron chi connectivity index (χ1n) is 13.2. The number of benzene rings is 1. The summed E-state index contributed by atoms with van der Waals surface area (Å²) in [6.45, 7) is 5.19. The number of alkyl halides is 1. The molecule has 35 heavy (non-hydrogen) atoms. The van der Waals surface area contributed by atoms with Crippen LogP contribution in [0.4, 0.5) is 4.39 Å². The van der Waals surface area contributed by atoms with Crippen molar-refractivity contribution in [2.45, 2.75) is 64.5 Å². The van der Waals surface area contributed by atoms with Crippen LogP contribution in [-0.2, 0) is 4.79 Å². The van der Waals surface area contributed by atoms with Gasteiger partial charge in [-0.1, -0.05) is 62.4 Å². The second-order valence-corrected chi connectivity index (χ2v) is 10.6. The third-order valence-corrected chi connectivity index (χ3v) is 7.76. The molecule has 1 aromatic carbocycles. The fourth-order valence-electron chi connectivity index (χ4n) is 5.74. The zero-order chi connectivity index (χ0) is 24.6. The van der Waals surface area contributed by atoms with Crippen molar-refractivity contribution in [3.8, 4) is 11.3 Å². The molecule has 0 N–H and O–H groups in total. The van der Waals surface area contributed by atoms with E-state index in [0.717, 1.165) is 55.3 Å². The van der Waals surface area contributed by atoms with E-state index < -0.39 is 6.67 Å². The number of aldehydes is 1. The van der Waals surface area contributed by atoms with Gasteiger partial charge in [-0.3, -0.25) is 9.88 Å². The maximum Gasteiger partial charge on any atom is 0.120 e. The van der Waals surface area contributed by atoms with Crippen LogP contribution in [0.25, 0.3) is 11.3 Å². The van der Waals surface area contributed by atoms with E-state index in [2.05, 4.69) is 60.1 Å². The minimum absolute atomic E-state index is 0.331. The summed E-state index contributed by atoms with van der Waals surface area (Å²) in [6, 6.07) is 15.7. The summed E-state index contributed by atoms with van der Waals surface area (Å²) in [5, 5.41) is 0. The third-order valence-electron chi connectivity index (χ3n) is 7.76. The summed E-state index contributed by atoms with van der Waals surface area (Å²) in [5.41, 5.74) is 4.27. The lowest BCUT2D eigenvalue weighted by Crippen LogP contribution is -2.48. The summed E-state index contributed by atoms with van der Waals surface area (Å²) < 4.78 is 13.2. The average molecular weight is 475 g/mol. The van der Waals surface area contributed by atoms with Crippen LogP contribution in [0, 0.1) is 17.8 Å². The van der Waals surface area contributed by atoms with E-state index in [0.29, 0.717) is 36.3 Å². The summed E-state index contributed by atoms with van der Waals surface area (Å²) in [5.74, 6) is 1.43.